The van der Waals surface area contributed by atoms with Crippen LogP contribution in [0.3, 0.4) is 0 Å². The number of alkyl halides is 1. The molecule has 18 heavy (non-hydrogen) atoms. The Hall–Kier alpha value is -0.610. The smallest absolute Gasteiger partial charge is 0.123 e. The third-order valence-electron chi connectivity index (χ3n) is 3.70. The van der Waals surface area contributed by atoms with Crippen LogP contribution >= 0.6 is 15.9 Å². The molecule has 1 aromatic carbocycles. The van der Waals surface area contributed by atoms with Crippen molar-refractivity contribution in [3.8, 4) is 0 Å². The molecule has 1 unspecified atom stereocenters. The van der Waals surface area contributed by atoms with E-state index in [2.05, 4.69) is 39.6 Å². The van der Waals surface area contributed by atoms with Gasteiger partial charge in [-0.2, -0.15) is 0 Å². The highest BCUT2D eigenvalue weighted by Crippen LogP contribution is 2.26. The standard InChI is InChI=1S/C14H20BrFN2/c1-3-17-6-7-18(10-11(17)2)14-5-4-13(16)8-12(14)9-15/h4-5,8,11H,3,6-7,9-10H2,1-2H3. The lowest BCUT2D eigenvalue weighted by Gasteiger charge is -2.41. The molecule has 1 aromatic rings. The first-order valence-corrected chi connectivity index (χ1v) is 7.61. The molecule has 4 heteroatoms. The molecule has 0 bridgehead atoms. The van der Waals surface area contributed by atoms with Crippen LogP contribution < -0.4 is 4.90 Å². The van der Waals surface area contributed by atoms with Gasteiger partial charge in [-0.1, -0.05) is 22.9 Å². The second-order valence-corrected chi connectivity index (χ2v) is 5.39. The van der Waals surface area contributed by atoms with Crippen LogP contribution in [-0.2, 0) is 5.33 Å². The highest BCUT2D eigenvalue weighted by Gasteiger charge is 2.23. The van der Waals surface area contributed by atoms with Crippen molar-refractivity contribution in [2.24, 2.45) is 0 Å². The van der Waals surface area contributed by atoms with Crippen molar-refractivity contribution in [2.45, 2.75) is 25.2 Å². The van der Waals surface area contributed by atoms with Crippen molar-refractivity contribution < 1.29 is 4.39 Å². The molecule has 1 aliphatic heterocycles. The number of piperazine rings is 1. The number of benzene rings is 1. The van der Waals surface area contributed by atoms with Crippen LogP contribution in [0, 0.1) is 5.82 Å². The van der Waals surface area contributed by atoms with E-state index < -0.39 is 0 Å². The van der Waals surface area contributed by atoms with Crippen molar-refractivity contribution >= 4 is 21.6 Å². The second kappa shape index (κ2) is 6.02. The maximum Gasteiger partial charge on any atom is 0.123 e. The van der Waals surface area contributed by atoms with Crippen molar-refractivity contribution in [3.05, 3.63) is 29.6 Å². The fraction of sp³-hybridized carbons (Fsp3) is 0.571. The Kier molecular flexibility index (Phi) is 4.62. The number of halogens is 2. The van der Waals surface area contributed by atoms with Crippen LogP contribution in [0.2, 0.25) is 0 Å². The number of likely N-dealkylation sites (N-methyl/N-ethyl adjacent to an activating group) is 1. The molecule has 2 nitrogen and oxygen atoms in total. The zero-order chi connectivity index (χ0) is 13.1. The van der Waals surface area contributed by atoms with E-state index in [9.17, 15) is 4.39 Å². The average molecular weight is 315 g/mol. The summed E-state index contributed by atoms with van der Waals surface area (Å²) in [4.78, 5) is 4.85. The number of rotatable bonds is 3. The van der Waals surface area contributed by atoms with E-state index in [1.165, 1.54) is 0 Å². The zero-order valence-electron chi connectivity index (χ0n) is 11.0. The van der Waals surface area contributed by atoms with Gasteiger partial charge in [0, 0.05) is 36.7 Å². The Morgan fingerprint density at radius 2 is 2.17 bits per heavy atom. The first kappa shape index (κ1) is 13.8. The number of nitrogens with zero attached hydrogens (tertiary/aromatic N) is 2. The molecule has 1 saturated heterocycles. The normalized spacial score (nSPS) is 21.3. The summed E-state index contributed by atoms with van der Waals surface area (Å²) in [5.41, 5.74) is 2.20. The van der Waals surface area contributed by atoms with Gasteiger partial charge in [0.15, 0.2) is 0 Å². The van der Waals surface area contributed by atoms with Crippen LogP contribution in [-0.4, -0.2) is 37.1 Å². The molecule has 0 amide bonds. The Bertz CT molecular complexity index is 411. The summed E-state index contributed by atoms with van der Waals surface area (Å²) in [7, 11) is 0. The summed E-state index contributed by atoms with van der Waals surface area (Å²) in [6.45, 7) is 8.67. The summed E-state index contributed by atoms with van der Waals surface area (Å²) in [5.74, 6) is -0.159. The van der Waals surface area contributed by atoms with Gasteiger partial charge >= 0.3 is 0 Å². The average Bonchev–Trinajstić information content (AvgIpc) is 2.38. The van der Waals surface area contributed by atoms with E-state index in [1.807, 2.05) is 6.07 Å². The van der Waals surface area contributed by atoms with Gasteiger partial charge in [-0.3, -0.25) is 4.90 Å². The van der Waals surface area contributed by atoms with Gasteiger partial charge in [-0.05, 0) is 37.2 Å². The van der Waals surface area contributed by atoms with Gasteiger partial charge in [-0.25, -0.2) is 4.39 Å². The molecule has 1 atom stereocenters. The lowest BCUT2D eigenvalue weighted by molar-refractivity contribution is 0.199. The topological polar surface area (TPSA) is 6.48 Å². The molecule has 1 fully saturated rings. The zero-order valence-corrected chi connectivity index (χ0v) is 12.6. The Balaban J connectivity index is 2.17. The van der Waals surface area contributed by atoms with Gasteiger partial charge in [0.05, 0.1) is 0 Å². The summed E-state index contributed by atoms with van der Waals surface area (Å²) in [6.07, 6.45) is 0. The van der Waals surface area contributed by atoms with E-state index in [0.717, 1.165) is 37.4 Å². The molecule has 0 aromatic heterocycles. The van der Waals surface area contributed by atoms with Crippen LogP contribution in [0.4, 0.5) is 10.1 Å². The highest BCUT2D eigenvalue weighted by atomic mass is 79.9. The first-order valence-electron chi connectivity index (χ1n) is 6.49. The van der Waals surface area contributed by atoms with Crippen LogP contribution in [0.1, 0.15) is 19.4 Å². The van der Waals surface area contributed by atoms with Crippen molar-refractivity contribution in [2.75, 3.05) is 31.1 Å². The molecule has 100 valence electrons. The van der Waals surface area contributed by atoms with E-state index in [4.69, 9.17) is 0 Å². The highest BCUT2D eigenvalue weighted by molar-refractivity contribution is 9.08. The van der Waals surface area contributed by atoms with Gasteiger partial charge < -0.3 is 4.90 Å². The minimum Gasteiger partial charge on any atom is -0.368 e. The number of anilines is 1. The van der Waals surface area contributed by atoms with E-state index in [1.54, 1.807) is 12.1 Å². The molecule has 0 N–H and O–H groups in total. The lowest BCUT2D eigenvalue weighted by Crippen LogP contribution is -2.51. The minimum atomic E-state index is -0.159. The molecular weight excluding hydrogens is 295 g/mol. The molecule has 2 rings (SSSR count). The lowest BCUT2D eigenvalue weighted by atomic mass is 10.1. The van der Waals surface area contributed by atoms with Crippen molar-refractivity contribution in [1.29, 1.82) is 0 Å². The van der Waals surface area contributed by atoms with Gasteiger partial charge in [0.2, 0.25) is 0 Å². The maximum absolute atomic E-state index is 13.2. The quantitative estimate of drug-likeness (QED) is 0.790. The molecule has 0 aliphatic carbocycles. The van der Waals surface area contributed by atoms with Crippen LogP contribution in [0.15, 0.2) is 18.2 Å². The summed E-state index contributed by atoms with van der Waals surface area (Å²) < 4.78 is 13.2. The minimum absolute atomic E-state index is 0.159. The number of hydrogen-bond acceptors (Lipinski definition) is 2. The van der Waals surface area contributed by atoms with E-state index in [-0.39, 0.29) is 5.82 Å². The van der Waals surface area contributed by atoms with Gasteiger partial charge in [-0.15, -0.1) is 0 Å². The molecule has 0 saturated carbocycles. The van der Waals surface area contributed by atoms with E-state index >= 15 is 0 Å². The maximum atomic E-state index is 13.2. The van der Waals surface area contributed by atoms with Gasteiger partial charge in [0.1, 0.15) is 5.82 Å². The SMILES string of the molecule is CCN1CCN(c2ccc(F)cc2CBr)CC1C. The second-order valence-electron chi connectivity index (χ2n) is 4.83. The third-order valence-corrected chi connectivity index (χ3v) is 4.30. The Morgan fingerprint density at radius 3 is 2.78 bits per heavy atom. The molecule has 1 heterocycles. The molecule has 0 radical (unpaired) electrons. The van der Waals surface area contributed by atoms with Crippen molar-refractivity contribution in [1.82, 2.24) is 4.90 Å². The summed E-state index contributed by atoms with van der Waals surface area (Å²) in [6, 6.07) is 5.64. The fourth-order valence-electron chi connectivity index (χ4n) is 2.65. The Morgan fingerprint density at radius 1 is 1.39 bits per heavy atom. The number of hydrogen-bond donors (Lipinski definition) is 0. The monoisotopic (exact) mass is 314 g/mol. The van der Waals surface area contributed by atoms with Crippen molar-refractivity contribution in [3.63, 3.8) is 0 Å². The fourth-order valence-corrected chi connectivity index (χ4v) is 3.10. The van der Waals surface area contributed by atoms with E-state index in [0.29, 0.717) is 11.4 Å². The summed E-state index contributed by atoms with van der Waals surface area (Å²) >= 11 is 3.45. The Labute approximate surface area is 117 Å². The van der Waals surface area contributed by atoms with Gasteiger partial charge in [0.25, 0.3) is 0 Å². The predicted octanol–water partition coefficient (Wildman–Crippen LogP) is 3.25. The third kappa shape index (κ3) is 2.86. The summed E-state index contributed by atoms with van der Waals surface area (Å²) in [5, 5.41) is 0.697. The predicted molar refractivity (Wildman–Crippen MR) is 78.0 cm³/mol. The molecular formula is C14H20BrFN2. The first-order chi connectivity index (χ1) is 8.65. The molecule has 1 aliphatic rings. The van der Waals surface area contributed by atoms with Crippen LogP contribution in [0.5, 0.6) is 0 Å². The largest absolute Gasteiger partial charge is 0.368 e. The molecule has 0 spiro atoms. The van der Waals surface area contributed by atoms with Crippen LogP contribution in [0.25, 0.3) is 0 Å².